The van der Waals surface area contributed by atoms with Crippen molar-refractivity contribution >= 4 is 28.4 Å². The lowest BCUT2D eigenvalue weighted by Crippen LogP contribution is -2.34. The first-order valence-corrected chi connectivity index (χ1v) is 8.35. The number of halogens is 1. The van der Waals surface area contributed by atoms with Crippen LogP contribution in [0.3, 0.4) is 0 Å². The summed E-state index contributed by atoms with van der Waals surface area (Å²) in [7, 11) is 1.65. The van der Waals surface area contributed by atoms with Crippen LogP contribution in [0.5, 0.6) is 5.75 Å². The predicted molar refractivity (Wildman–Crippen MR) is 101 cm³/mol. The van der Waals surface area contributed by atoms with Crippen molar-refractivity contribution in [1.29, 1.82) is 0 Å². The summed E-state index contributed by atoms with van der Waals surface area (Å²) < 4.78 is 5.23. The highest BCUT2D eigenvalue weighted by Gasteiger charge is 2.04. The van der Waals surface area contributed by atoms with Gasteiger partial charge in [-0.1, -0.05) is 48.0 Å². The third-order valence-corrected chi connectivity index (χ3v) is 4.33. The first-order chi connectivity index (χ1) is 12.2. The monoisotopic (exact) mass is 354 g/mol. The number of methoxy groups -OCH3 is 1. The summed E-state index contributed by atoms with van der Waals surface area (Å²) in [6.45, 7) is 0.847. The molecular formula is C20H19ClN2O2. The molecule has 3 aromatic carbocycles. The summed E-state index contributed by atoms with van der Waals surface area (Å²) >= 11 is 6.08. The van der Waals surface area contributed by atoms with Gasteiger partial charge in [0.25, 0.3) is 0 Å². The normalized spacial score (nSPS) is 10.5. The number of fused-ring (bicyclic) bond motifs is 1. The zero-order valence-electron chi connectivity index (χ0n) is 13.9. The van der Waals surface area contributed by atoms with Gasteiger partial charge in [-0.05, 0) is 46.2 Å². The van der Waals surface area contributed by atoms with Crippen molar-refractivity contribution in [3.8, 4) is 5.75 Å². The van der Waals surface area contributed by atoms with Crippen LogP contribution in [0.2, 0.25) is 5.02 Å². The van der Waals surface area contributed by atoms with Crippen molar-refractivity contribution in [3.05, 3.63) is 76.8 Å². The second kappa shape index (κ2) is 7.90. The minimum Gasteiger partial charge on any atom is -0.497 e. The molecule has 5 heteroatoms. The fourth-order valence-electron chi connectivity index (χ4n) is 2.57. The highest BCUT2D eigenvalue weighted by molar-refractivity contribution is 6.31. The number of hydrogen-bond donors (Lipinski definition) is 2. The summed E-state index contributed by atoms with van der Waals surface area (Å²) in [6, 6.07) is 19.2. The standard InChI is InChI=1S/C20H19ClN2O2/c1-25-18-9-8-15-10-14(6-7-16(15)11-18)12-22-20(24)23-13-17-4-2-3-5-19(17)21/h2-11H,12-13H2,1H3,(H2,22,23,24). The number of hydrogen-bond acceptors (Lipinski definition) is 2. The second-order valence-electron chi connectivity index (χ2n) is 5.68. The molecule has 0 radical (unpaired) electrons. The quantitative estimate of drug-likeness (QED) is 0.708. The maximum Gasteiger partial charge on any atom is 0.315 e. The molecule has 0 aliphatic heterocycles. The van der Waals surface area contributed by atoms with E-state index in [2.05, 4.69) is 16.7 Å². The van der Waals surface area contributed by atoms with Crippen LogP contribution >= 0.6 is 11.6 Å². The molecule has 0 saturated carbocycles. The fourth-order valence-corrected chi connectivity index (χ4v) is 2.77. The average molecular weight is 355 g/mol. The largest absolute Gasteiger partial charge is 0.497 e. The number of carbonyl (C=O) groups excluding carboxylic acids is 1. The number of ether oxygens (including phenoxy) is 1. The van der Waals surface area contributed by atoms with Gasteiger partial charge in [0.2, 0.25) is 0 Å². The van der Waals surface area contributed by atoms with E-state index in [9.17, 15) is 4.79 Å². The molecule has 25 heavy (non-hydrogen) atoms. The zero-order chi connectivity index (χ0) is 17.6. The Hall–Kier alpha value is -2.72. The number of nitrogens with one attached hydrogen (secondary N) is 2. The van der Waals surface area contributed by atoms with E-state index in [0.717, 1.165) is 27.6 Å². The van der Waals surface area contributed by atoms with Crippen LogP contribution in [0.1, 0.15) is 11.1 Å². The lowest BCUT2D eigenvalue weighted by atomic mass is 10.1. The van der Waals surface area contributed by atoms with Crippen molar-refractivity contribution in [1.82, 2.24) is 10.6 Å². The van der Waals surface area contributed by atoms with Gasteiger partial charge in [-0.15, -0.1) is 0 Å². The molecule has 0 bridgehead atoms. The Kier molecular flexibility index (Phi) is 5.41. The number of carbonyl (C=O) groups is 1. The maximum absolute atomic E-state index is 12.0. The molecule has 2 N–H and O–H groups in total. The second-order valence-corrected chi connectivity index (χ2v) is 6.08. The summed E-state index contributed by atoms with van der Waals surface area (Å²) in [5.74, 6) is 0.831. The highest BCUT2D eigenvalue weighted by atomic mass is 35.5. The minimum absolute atomic E-state index is 0.227. The van der Waals surface area contributed by atoms with E-state index in [4.69, 9.17) is 16.3 Å². The van der Waals surface area contributed by atoms with E-state index < -0.39 is 0 Å². The Morgan fingerprint density at radius 2 is 1.68 bits per heavy atom. The first-order valence-electron chi connectivity index (χ1n) is 7.97. The van der Waals surface area contributed by atoms with E-state index in [-0.39, 0.29) is 6.03 Å². The molecule has 3 rings (SSSR count). The molecule has 0 fully saturated rings. The van der Waals surface area contributed by atoms with Crippen LogP contribution in [-0.4, -0.2) is 13.1 Å². The van der Waals surface area contributed by atoms with Crippen molar-refractivity contribution < 1.29 is 9.53 Å². The molecule has 0 spiro atoms. The Balaban J connectivity index is 1.56. The average Bonchev–Trinajstić information content (AvgIpc) is 2.65. The lowest BCUT2D eigenvalue weighted by Gasteiger charge is -2.10. The number of benzene rings is 3. The van der Waals surface area contributed by atoms with Crippen LogP contribution < -0.4 is 15.4 Å². The number of amides is 2. The van der Waals surface area contributed by atoms with Gasteiger partial charge >= 0.3 is 6.03 Å². The smallest absolute Gasteiger partial charge is 0.315 e. The molecule has 0 aliphatic carbocycles. The van der Waals surface area contributed by atoms with Gasteiger partial charge in [-0.2, -0.15) is 0 Å². The van der Waals surface area contributed by atoms with Crippen LogP contribution in [0, 0.1) is 0 Å². The van der Waals surface area contributed by atoms with Crippen LogP contribution in [-0.2, 0) is 13.1 Å². The molecule has 0 atom stereocenters. The summed E-state index contributed by atoms with van der Waals surface area (Å²) in [4.78, 5) is 12.0. The number of rotatable bonds is 5. The van der Waals surface area contributed by atoms with Gasteiger partial charge in [-0.3, -0.25) is 0 Å². The SMILES string of the molecule is COc1ccc2cc(CNC(=O)NCc3ccccc3Cl)ccc2c1. The zero-order valence-corrected chi connectivity index (χ0v) is 14.6. The molecule has 0 saturated heterocycles. The molecule has 0 unspecified atom stereocenters. The maximum atomic E-state index is 12.0. The Morgan fingerprint density at radius 1 is 0.960 bits per heavy atom. The molecule has 4 nitrogen and oxygen atoms in total. The Morgan fingerprint density at radius 3 is 2.48 bits per heavy atom. The number of urea groups is 1. The summed E-state index contributed by atoms with van der Waals surface area (Å²) in [5, 5.41) is 8.53. The van der Waals surface area contributed by atoms with Gasteiger partial charge in [0.15, 0.2) is 0 Å². The minimum atomic E-state index is -0.227. The van der Waals surface area contributed by atoms with E-state index in [1.54, 1.807) is 13.2 Å². The van der Waals surface area contributed by atoms with E-state index in [1.807, 2.05) is 48.5 Å². The fraction of sp³-hybridized carbons (Fsp3) is 0.150. The van der Waals surface area contributed by atoms with E-state index in [0.29, 0.717) is 18.1 Å². The summed E-state index contributed by atoms with van der Waals surface area (Å²) in [5.41, 5.74) is 1.92. The van der Waals surface area contributed by atoms with Crippen LogP contribution in [0.25, 0.3) is 10.8 Å². The predicted octanol–water partition coefficient (Wildman–Crippen LogP) is 4.50. The molecule has 128 valence electrons. The topological polar surface area (TPSA) is 50.4 Å². The van der Waals surface area contributed by atoms with Gasteiger partial charge in [-0.25, -0.2) is 4.79 Å². The molecular weight excluding hydrogens is 336 g/mol. The third kappa shape index (κ3) is 4.43. The molecule has 3 aromatic rings. The van der Waals surface area contributed by atoms with Crippen molar-refractivity contribution in [2.45, 2.75) is 13.1 Å². The van der Waals surface area contributed by atoms with Crippen molar-refractivity contribution in [3.63, 3.8) is 0 Å². The van der Waals surface area contributed by atoms with E-state index >= 15 is 0 Å². The third-order valence-electron chi connectivity index (χ3n) is 3.96. The molecule has 0 heterocycles. The van der Waals surface area contributed by atoms with E-state index in [1.165, 1.54) is 0 Å². The molecule has 0 aromatic heterocycles. The molecule has 2 amide bonds. The Bertz CT molecular complexity index is 896. The van der Waals surface area contributed by atoms with Gasteiger partial charge < -0.3 is 15.4 Å². The van der Waals surface area contributed by atoms with Gasteiger partial charge in [0.05, 0.1) is 7.11 Å². The lowest BCUT2D eigenvalue weighted by molar-refractivity contribution is 0.240. The van der Waals surface area contributed by atoms with Gasteiger partial charge in [0, 0.05) is 18.1 Å². The molecule has 0 aliphatic rings. The first kappa shape index (κ1) is 17.1. The van der Waals surface area contributed by atoms with Crippen LogP contribution in [0.15, 0.2) is 60.7 Å². The van der Waals surface area contributed by atoms with Gasteiger partial charge in [0.1, 0.15) is 5.75 Å². The Labute approximate surface area is 151 Å². The van der Waals surface area contributed by atoms with Crippen molar-refractivity contribution in [2.75, 3.05) is 7.11 Å². The van der Waals surface area contributed by atoms with Crippen molar-refractivity contribution in [2.24, 2.45) is 0 Å². The van der Waals surface area contributed by atoms with Crippen LogP contribution in [0.4, 0.5) is 4.79 Å². The highest BCUT2D eigenvalue weighted by Crippen LogP contribution is 2.21. The summed E-state index contributed by atoms with van der Waals surface area (Å²) in [6.07, 6.45) is 0.